The van der Waals surface area contributed by atoms with Crippen molar-refractivity contribution in [2.24, 2.45) is 0 Å². The molecule has 0 fully saturated rings. The van der Waals surface area contributed by atoms with Gasteiger partial charge >= 0.3 is 7.94 Å². The summed E-state index contributed by atoms with van der Waals surface area (Å²) in [7, 11) is -3.97. The van der Waals surface area contributed by atoms with Crippen LogP contribution in [0.1, 0.15) is 18.1 Å². The lowest BCUT2D eigenvalue weighted by Gasteiger charge is -2.09. The van der Waals surface area contributed by atoms with Gasteiger partial charge in [-0.05, 0) is 36.6 Å². The monoisotopic (exact) mass is 217 g/mol. The summed E-state index contributed by atoms with van der Waals surface area (Å²) in [5, 5.41) is 9.63. The van der Waals surface area contributed by atoms with Crippen molar-refractivity contribution in [2.45, 2.75) is 20.3 Å². The second-order valence-electron chi connectivity index (χ2n) is 3.19. The number of aryl methyl sites for hydroxylation is 2. The van der Waals surface area contributed by atoms with Crippen LogP contribution >= 0.6 is 7.94 Å². The second kappa shape index (κ2) is 3.83. The average Bonchev–Trinajstić information content (AvgIpc) is 2.07. The minimum absolute atomic E-state index is 0.0738. The van der Waals surface area contributed by atoms with Gasteiger partial charge in [0.2, 0.25) is 0 Å². The maximum Gasteiger partial charge on any atom is 0.440 e. The lowest BCUT2D eigenvalue weighted by molar-refractivity contribution is 0.347. The highest BCUT2D eigenvalue weighted by atomic mass is 31.2. The van der Waals surface area contributed by atoms with Gasteiger partial charge in [-0.15, -0.1) is 0 Å². The Kier molecular flexibility index (Phi) is 3.12. The normalized spacial score (nSPS) is 11.8. The molecule has 14 heavy (non-hydrogen) atoms. The molecule has 1 rings (SSSR count). The summed E-state index contributed by atoms with van der Waals surface area (Å²) in [4.78, 5) is 27.2. The maximum atomic E-state index is 9.56. The molecule has 0 aliphatic rings. The molecule has 0 saturated heterocycles. The molecule has 78 valence electrons. The zero-order chi connectivity index (χ0) is 10.9. The SMILES string of the molecule is CCc1cc([P+](O)(O)O)cc(C)c1O. The van der Waals surface area contributed by atoms with E-state index in [1.54, 1.807) is 6.92 Å². The molecule has 0 aliphatic heterocycles. The van der Waals surface area contributed by atoms with Crippen LogP contribution in [0.25, 0.3) is 0 Å². The molecule has 1 aromatic rings. The first kappa shape index (κ1) is 11.4. The van der Waals surface area contributed by atoms with Gasteiger partial charge in [-0.1, -0.05) is 6.92 Å². The Bertz CT molecular complexity index is 343. The lowest BCUT2D eigenvalue weighted by atomic mass is 10.1. The number of hydrogen-bond acceptors (Lipinski definition) is 4. The molecule has 1 aromatic carbocycles. The second-order valence-corrected chi connectivity index (χ2v) is 4.85. The molecule has 0 amide bonds. The molecule has 4 nitrogen and oxygen atoms in total. The number of phenols is 1. The third-order valence-corrected chi connectivity index (χ3v) is 3.04. The van der Waals surface area contributed by atoms with Gasteiger partial charge < -0.3 is 5.11 Å². The van der Waals surface area contributed by atoms with Gasteiger partial charge in [0.15, 0.2) is 5.30 Å². The van der Waals surface area contributed by atoms with Crippen molar-refractivity contribution in [3.63, 3.8) is 0 Å². The molecule has 0 unspecified atom stereocenters. The Morgan fingerprint density at radius 1 is 1.21 bits per heavy atom. The quantitative estimate of drug-likeness (QED) is 0.548. The number of benzene rings is 1. The predicted octanol–water partition coefficient (Wildman–Crippen LogP) is 0.628. The van der Waals surface area contributed by atoms with Crippen molar-refractivity contribution in [3.8, 4) is 5.75 Å². The fourth-order valence-corrected chi connectivity index (χ4v) is 1.97. The highest BCUT2D eigenvalue weighted by molar-refractivity contribution is 7.66. The van der Waals surface area contributed by atoms with Crippen LogP contribution in [0, 0.1) is 6.92 Å². The van der Waals surface area contributed by atoms with Gasteiger partial charge in [0.1, 0.15) is 5.75 Å². The first-order valence-electron chi connectivity index (χ1n) is 4.26. The largest absolute Gasteiger partial charge is 0.507 e. The Balaban J connectivity index is 3.30. The summed E-state index contributed by atoms with van der Waals surface area (Å²) in [5.74, 6) is 0.143. The van der Waals surface area contributed by atoms with E-state index in [4.69, 9.17) is 14.7 Å². The smallest absolute Gasteiger partial charge is 0.440 e. The van der Waals surface area contributed by atoms with Crippen molar-refractivity contribution in [1.29, 1.82) is 0 Å². The summed E-state index contributed by atoms with van der Waals surface area (Å²) >= 11 is 0. The molecular formula is C9H14O4P+. The van der Waals surface area contributed by atoms with Gasteiger partial charge in [-0.25, -0.2) is 0 Å². The van der Waals surface area contributed by atoms with Crippen LogP contribution in [-0.4, -0.2) is 19.8 Å². The van der Waals surface area contributed by atoms with Crippen molar-refractivity contribution < 1.29 is 19.8 Å². The molecule has 0 radical (unpaired) electrons. The predicted molar refractivity (Wildman–Crippen MR) is 55.4 cm³/mol. The summed E-state index contributed by atoms with van der Waals surface area (Å²) in [6, 6.07) is 2.79. The van der Waals surface area contributed by atoms with Crippen LogP contribution in [0.5, 0.6) is 5.75 Å². The van der Waals surface area contributed by atoms with Crippen LogP contribution in [0.3, 0.4) is 0 Å². The van der Waals surface area contributed by atoms with E-state index >= 15 is 0 Å². The standard InChI is InChI=1S/C9H13O4P/c1-3-7-5-8(14(11,12)13)4-6(2)9(7)10/h4-5,11-13H,3H2,1-2H3/p+1. The van der Waals surface area contributed by atoms with Gasteiger partial charge in [0, 0.05) is 0 Å². The molecule has 0 heterocycles. The van der Waals surface area contributed by atoms with Crippen molar-refractivity contribution >= 4 is 13.2 Å². The fourth-order valence-electron chi connectivity index (χ4n) is 1.27. The molecule has 0 spiro atoms. The maximum absolute atomic E-state index is 9.56. The van der Waals surface area contributed by atoms with Crippen molar-refractivity contribution in [2.75, 3.05) is 0 Å². The molecule has 0 aliphatic carbocycles. The average molecular weight is 217 g/mol. The lowest BCUT2D eigenvalue weighted by Crippen LogP contribution is -2.11. The Hall–Kier alpha value is -0.670. The topological polar surface area (TPSA) is 80.9 Å². The van der Waals surface area contributed by atoms with E-state index in [9.17, 15) is 5.11 Å². The molecule has 0 bridgehead atoms. The van der Waals surface area contributed by atoms with E-state index in [0.717, 1.165) is 0 Å². The molecule has 0 aromatic heterocycles. The third-order valence-electron chi connectivity index (χ3n) is 2.09. The van der Waals surface area contributed by atoms with E-state index in [2.05, 4.69) is 0 Å². The van der Waals surface area contributed by atoms with E-state index < -0.39 is 7.94 Å². The van der Waals surface area contributed by atoms with Gasteiger partial charge in [0.05, 0.1) is 0 Å². The summed E-state index contributed by atoms with van der Waals surface area (Å²) in [6.45, 7) is 3.48. The van der Waals surface area contributed by atoms with Crippen molar-refractivity contribution in [3.05, 3.63) is 23.3 Å². The third kappa shape index (κ3) is 2.22. The molecular weight excluding hydrogens is 203 g/mol. The highest BCUT2D eigenvalue weighted by Gasteiger charge is 2.35. The minimum Gasteiger partial charge on any atom is -0.507 e. The molecule has 0 atom stereocenters. The van der Waals surface area contributed by atoms with Crippen LogP contribution in [0.2, 0.25) is 0 Å². The Labute approximate surface area is 83.0 Å². The zero-order valence-electron chi connectivity index (χ0n) is 8.10. The molecule has 0 saturated carbocycles. The number of phenolic OH excluding ortho intramolecular Hbond substituents is 1. The number of rotatable bonds is 2. The molecule has 4 N–H and O–H groups in total. The molecule has 5 heteroatoms. The van der Waals surface area contributed by atoms with Gasteiger partial charge in [-0.3, -0.25) is 0 Å². The van der Waals surface area contributed by atoms with E-state index in [-0.39, 0.29) is 11.1 Å². The summed E-state index contributed by atoms with van der Waals surface area (Å²) in [5.41, 5.74) is 1.13. The minimum atomic E-state index is -3.97. The fraction of sp³-hybridized carbons (Fsp3) is 0.333. The highest BCUT2D eigenvalue weighted by Crippen LogP contribution is 2.44. The summed E-state index contributed by atoms with van der Waals surface area (Å²) in [6.07, 6.45) is 0.570. The van der Waals surface area contributed by atoms with Crippen LogP contribution < -0.4 is 5.30 Å². The van der Waals surface area contributed by atoms with E-state index in [1.165, 1.54) is 12.1 Å². The number of aromatic hydroxyl groups is 1. The van der Waals surface area contributed by atoms with E-state index in [0.29, 0.717) is 17.5 Å². The van der Waals surface area contributed by atoms with Crippen LogP contribution in [-0.2, 0) is 6.42 Å². The van der Waals surface area contributed by atoms with E-state index in [1.807, 2.05) is 6.92 Å². The first-order chi connectivity index (χ1) is 6.36. The summed E-state index contributed by atoms with van der Waals surface area (Å²) < 4.78 is 0. The first-order valence-corrected chi connectivity index (χ1v) is 5.91. The zero-order valence-corrected chi connectivity index (χ0v) is 8.99. The van der Waals surface area contributed by atoms with Crippen LogP contribution in [0.15, 0.2) is 12.1 Å². The Morgan fingerprint density at radius 2 is 1.79 bits per heavy atom. The van der Waals surface area contributed by atoms with Crippen LogP contribution in [0.4, 0.5) is 0 Å². The number of hydrogen-bond donors (Lipinski definition) is 4. The van der Waals surface area contributed by atoms with Crippen molar-refractivity contribution in [1.82, 2.24) is 0 Å². The van der Waals surface area contributed by atoms with Gasteiger partial charge in [-0.2, -0.15) is 14.7 Å². The Morgan fingerprint density at radius 3 is 2.21 bits per heavy atom. The van der Waals surface area contributed by atoms with Gasteiger partial charge in [0.25, 0.3) is 0 Å².